The lowest BCUT2D eigenvalue weighted by Crippen LogP contribution is -2.01. The van der Waals surface area contributed by atoms with Gasteiger partial charge in [-0.15, -0.1) is 0 Å². The molecule has 0 saturated heterocycles. The lowest BCUT2D eigenvalue weighted by atomic mass is 10.0. The van der Waals surface area contributed by atoms with E-state index in [-0.39, 0.29) is 5.69 Å². The van der Waals surface area contributed by atoms with E-state index < -0.39 is 4.92 Å². The molecule has 0 radical (unpaired) electrons. The van der Waals surface area contributed by atoms with Crippen molar-refractivity contribution >= 4 is 17.3 Å². The Morgan fingerprint density at radius 3 is 2.45 bits per heavy atom. The van der Waals surface area contributed by atoms with Crippen LogP contribution in [0.15, 0.2) is 66.7 Å². The summed E-state index contributed by atoms with van der Waals surface area (Å²) in [6.45, 7) is 4.83. The fourth-order valence-electron chi connectivity index (χ4n) is 3.04. The van der Waals surface area contributed by atoms with Crippen LogP contribution in [0.4, 0.5) is 5.69 Å². The minimum absolute atomic E-state index is 0.0187. The van der Waals surface area contributed by atoms with Crippen molar-refractivity contribution in [2.24, 2.45) is 0 Å². The Hall–Kier alpha value is -4.11. The van der Waals surface area contributed by atoms with Crippen LogP contribution in [0.25, 0.3) is 11.6 Å². The molecule has 0 aliphatic rings. The van der Waals surface area contributed by atoms with Crippen molar-refractivity contribution < 1.29 is 14.4 Å². The average Bonchev–Trinajstić information content (AvgIpc) is 2.78. The molecule has 0 aliphatic carbocycles. The second-order valence-corrected chi connectivity index (χ2v) is 6.83. The van der Waals surface area contributed by atoms with Crippen LogP contribution < -0.4 is 9.47 Å². The third kappa shape index (κ3) is 5.49. The Morgan fingerprint density at radius 2 is 1.81 bits per heavy atom. The van der Waals surface area contributed by atoms with Crippen LogP contribution in [0.3, 0.4) is 0 Å². The molecule has 0 aliphatic heterocycles. The van der Waals surface area contributed by atoms with Crippen LogP contribution >= 0.6 is 0 Å². The number of nitro groups is 1. The molecule has 0 amide bonds. The molecule has 0 bridgehead atoms. The van der Waals surface area contributed by atoms with Gasteiger partial charge in [-0.25, -0.2) is 0 Å². The Morgan fingerprint density at radius 1 is 1.06 bits per heavy atom. The maximum atomic E-state index is 10.8. The Bertz CT molecular complexity index is 1140. The van der Waals surface area contributed by atoms with Crippen molar-refractivity contribution in [3.63, 3.8) is 0 Å². The zero-order valence-electron chi connectivity index (χ0n) is 17.4. The minimum atomic E-state index is -0.469. The molecule has 6 heteroatoms. The smallest absolute Gasteiger partial charge is 0.269 e. The fraction of sp³-hybridized carbons (Fsp3) is 0.160. The molecular formula is C25H22N2O4. The monoisotopic (exact) mass is 414 g/mol. The average molecular weight is 414 g/mol. The summed E-state index contributed by atoms with van der Waals surface area (Å²) in [7, 11) is 0. The Kier molecular flexibility index (Phi) is 7.02. The van der Waals surface area contributed by atoms with E-state index in [1.54, 1.807) is 18.2 Å². The number of ether oxygens (including phenoxy) is 2. The number of nitriles is 1. The lowest BCUT2D eigenvalue weighted by molar-refractivity contribution is -0.384. The van der Waals surface area contributed by atoms with E-state index in [0.717, 1.165) is 16.7 Å². The highest BCUT2D eigenvalue weighted by molar-refractivity contribution is 5.90. The minimum Gasteiger partial charge on any atom is -0.490 e. The molecule has 0 N–H and O–H groups in total. The molecule has 0 aromatic heterocycles. The third-order valence-electron chi connectivity index (χ3n) is 4.73. The summed E-state index contributed by atoms with van der Waals surface area (Å²) in [5.41, 5.74) is 3.99. The van der Waals surface area contributed by atoms with Gasteiger partial charge in [-0.3, -0.25) is 10.1 Å². The van der Waals surface area contributed by atoms with E-state index in [4.69, 9.17) is 9.47 Å². The van der Waals surface area contributed by atoms with Crippen molar-refractivity contribution in [3.05, 3.63) is 99.1 Å². The van der Waals surface area contributed by atoms with Gasteiger partial charge in [0.15, 0.2) is 11.5 Å². The van der Waals surface area contributed by atoms with E-state index in [1.807, 2.05) is 56.3 Å². The number of aryl methyl sites for hydroxylation is 1. The third-order valence-corrected chi connectivity index (χ3v) is 4.73. The van der Waals surface area contributed by atoms with Gasteiger partial charge in [-0.05, 0) is 66.4 Å². The number of rotatable bonds is 8. The molecular weight excluding hydrogens is 392 g/mol. The maximum Gasteiger partial charge on any atom is 0.269 e. The first kappa shape index (κ1) is 21.6. The number of nitrogens with zero attached hydrogens (tertiary/aromatic N) is 2. The number of nitro benzene ring substituents is 1. The molecule has 0 fully saturated rings. The van der Waals surface area contributed by atoms with Crippen LogP contribution in [0.1, 0.15) is 29.2 Å². The van der Waals surface area contributed by atoms with Gasteiger partial charge in [0.1, 0.15) is 6.61 Å². The summed E-state index contributed by atoms with van der Waals surface area (Å²) in [5.74, 6) is 1.21. The highest BCUT2D eigenvalue weighted by Gasteiger charge is 2.10. The maximum absolute atomic E-state index is 10.8. The van der Waals surface area contributed by atoms with Crippen molar-refractivity contribution in [1.82, 2.24) is 0 Å². The number of allylic oxidation sites excluding steroid dienone is 1. The van der Waals surface area contributed by atoms with Gasteiger partial charge in [0.2, 0.25) is 0 Å². The highest BCUT2D eigenvalue weighted by atomic mass is 16.6. The fourth-order valence-corrected chi connectivity index (χ4v) is 3.04. The lowest BCUT2D eigenvalue weighted by Gasteiger charge is -2.14. The number of hydrogen-bond acceptors (Lipinski definition) is 5. The zero-order chi connectivity index (χ0) is 22.2. The molecule has 31 heavy (non-hydrogen) atoms. The Balaban J connectivity index is 1.85. The van der Waals surface area contributed by atoms with Gasteiger partial charge in [0, 0.05) is 12.1 Å². The van der Waals surface area contributed by atoms with E-state index in [9.17, 15) is 15.4 Å². The van der Waals surface area contributed by atoms with Crippen LogP contribution in [-0.2, 0) is 6.61 Å². The van der Waals surface area contributed by atoms with Crippen LogP contribution in [0.2, 0.25) is 0 Å². The molecule has 0 heterocycles. The largest absolute Gasteiger partial charge is 0.490 e. The molecule has 3 aromatic carbocycles. The van der Waals surface area contributed by atoms with Crippen molar-refractivity contribution in [2.45, 2.75) is 20.5 Å². The summed E-state index contributed by atoms with van der Waals surface area (Å²) in [4.78, 5) is 10.4. The van der Waals surface area contributed by atoms with E-state index in [1.165, 1.54) is 12.1 Å². The van der Waals surface area contributed by atoms with Gasteiger partial charge < -0.3 is 9.47 Å². The summed E-state index contributed by atoms with van der Waals surface area (Å²) in [6.07, 6.45) is 1.72. The molecule has 0 unspecified atom stereocenters. The first-order chi connectivity index (χ1) is 15.0. The first-order valence-electron chi connectivity index (χ1n) is 9.82. The second kappa shape index (κ2) is 10.1. The highest BCUT2D eigenvalue weighted by Crippen LogP contribution is 2.31. The molecule has 0 spiro atoms. The predicted octanol–water partition coefficient (Wildman–Crippen LogP) is 5.95. The van der Waals surface area contributed by atoms with E-state index in [2.05, 4.69) is 6.07 Å². The normalized spacial score (nSPS) is 10.9. The Labute approximate surface area is 181 Å². The van der Waals surface area contributed by atoms with Gasteiger partial charge in [0.25, 0.3) is 5.69 Å². The van der Waals surface area contributed by atoms with Gasteiger partial charge >= 0.3 is 0 Å². The quantitative estimate of drug-likeness (QED) is 0.197. The molecule has 0 saturated carbocycles. The number of hydrogen-bond donors (Lipinski definition) is 0. The van der Waals surface area contributed by atoms with Gasteiger partial charge in [0.05, 0.1) is 23.2 Å². The van der Waals surface area contributed by atoms with Crippen molar-refractivity contribution in [1.29, 1.82) is 5.26 Å². The standard InChI is InChI=1S/C25H22N2O4/c1-3-30-25-15-19(8-13-24(25)31-17-21-7-5-4-6-18(21)2)14-22(16-26)20-9-11-23(12-10-20)27(28)29/h4-15H,3,17H2,1-2H3. The van der Waals surface area contributed by atoms with Crippen molar-refractivity contribution in [2.75, 3.05) is 6.61 Å². The zero-order valence-corrected chi connectivity index (χ0v) is 17.4. The number of benzene rings is 3. The molecule has 3 rings (SSSR count). The molecule has 156 valence electrons. The van der Waals surface area contributed by atoms with Gasteiger partial charge in [-0.2, -0.15) is 5.26 Å². The number of non-ortho nitro benzene ring substituents is 1. The first-order valence-corrected chi connectivity index (χ1v) is 9.82. The summed E-state index contributed by atoms with van der Waals surface area (Å²) in [6, 6.07) is 21.6. The van der Waals surface area contributed by atoms with Crippen LogP contribution in [0, 0.1) is 28.4 Å². The summed E-state index contributed by atoms with van der Waals surface area (Å²) in [5, 5.41) is 20.4. The van der Waals surface area contributed by atoms with E-state index >= 15 is 0 Å². The molecule has 0 atom stereocenters. The second-order valence-electron chi connectivity index (χ2n) is 6.83. The van der Waals surface area contributed by atoms with E-state index in [0.29, 0.717) is 35.8 Å². The van der Waals surface area contributed by atoms with Crippen LogP contribution in [0.5, 0.6) is 11.5 Å². The van der Waals surface area contributed by atoms with Gasteiger partial charge in [-0.1, -0.05) is 30.3 Å². The topological polar surface area (TPSA) is 85.4 Å². The van der Waals surface area contributed by atoms with Crippen LogP contribution in [-0.4, -0.2) is 11.5 Å². The molecule has 3 aromatic rings. The van der Waals surface area contributed by atoms with Crippen molar-refractivity contribution in [3.8, 4) is 17.6 Å². The molecule has 6 nitrogen and oxygen atoms in total. The SMILES string of the molecule is CCOc1cc(C=C(C#N)c2ccc([N+](=O)[O-])cc2)ccc1OCc1ccccc1C. The summed E-state index contributed by atoms with van der Waals surface area (Å²) >= 11 is 0. The predicted molar refractivity (Wildman–Crippen MR) is 120 cm³/mol. The summed E-state index contributed by atoms with van der Waals surface area (Å²) < 4.78 is 11.7.